The van der Waals surface area contributed by atoms with E-state index in [0.717, 1.165) is 23.9 Å². The average molecular weight is 446 g/mol. The number of nitrogens with zero attached hydrogens (tertiary/aromatic N) is 5. The Morgan fingerprint density at radius 2 is 1.84 bits per heavy atom. The summed E-state index contributed by atoms with van der Waals surface area (Å²) in [4.78, 5) is 16.3. The number of amides is 1. The number of aromatic nitrogens is 5. The number of benzene rings is 2. The van der Waals surface area contributed by atoms with E-state index in [4.69, 9.17) is 4.52 Å². The molecule has 31 heavy (non-hydrogen) atoms. The number of halogens is 3. The molecule has 0 spiro atoms. The van der Waals surface area contributed by atoms with Crippen molar-refractivity contribution in [2.24, 2.45) is 7.05 Å². The van der Waals surface area contributed by atoms with E-state index < -0.39 is 17.5 Å². The zero-order valence-corrected chi connectivity index (χ0v) is 16.7. The van der Waals surface area contributed by atoms with Crippen molar-refractivity contribution < 1.29 is 22.5 Å². The number of rotatable bonds is 6. The van der Waals surface area contributed by atoms with Crippen LogP contribution in [0.4, 0.5) is 18.9 Å². The van der Waals surface area contributed by atoms with E-state index in [-0.39, 0.29) is 34.8 Å². The van der Waals surface area contributed by atoms with E-state index in [0.29, 0.717) is 16.8 Å². The van der Waals surface area contributed by atoms with Crippen molar-refractivity contribution in [2.45, 2.75) is 5.16 Å². The number of thioether (sulfide) groups is 1. The molecule has 2 aromatic carbocycles. The monoisotopic (exact) mass is 446 g/mol. The zero-order valence-electron chi connectivity index (χ0n) is 15.8. The molecule has 0 saturated heterocycles. The molecule has 12 heteroatoms. The third-order valence-corrected chi connectivity index (χ3v) is 5.11. The van der Waals surface area contributed by atoms with Crippen LogP contribution in [0, 0.1) is 17.5 Å². The van der Waals surface area contributed by atoms with Gasteiger partial charge in [0.05, 0.1) is 11.4 Å². The molecule has 1 amide bonds. The van der Waals surface area contributed by atoms with Crippen LogP contribution in [0.5, 0.6) is 0 Å². The van der Waals surface area contributed by atoms with Crippen LogP contribution in [-0.4, -0.2) is 36.6 Å². The molecule has 8 nitrogen and oxygen atoms in total. The van der Waals surface area contributed by atoms with Crippen LogP contribution in [-0.2, 0) is 11.8 Å². The molecule has 4 rings (SSSR count). The van der Waals surface area contributed by atoms with Crippen LogP contribution in [0.3, 0.4) is 0 Å². The Morgan fingerprint density at radius 3 is 2.58 bits per heavy atom. The van der Waals surface area contributed by atoms with Gasteiger partial charge in [0.1, 0.15) is 17.5 Å². The second-order valence-corrected chi connectivity index (χ2v) is 7.20. The summed E-state index contributed by atoms with van der Waals surface area (Å²) < 4.78 is 46.4. The number of anilines is 1. The Labute approximate surface area is 177 Å². The minimum atomic E-state index is -0.868. The van der Waals surface area contributed by atoms with Gasteiger partial charge in [-0.1, -0.05) is 16.9 Å². The van der Waals surface area contributed by atoms with E-state index in [1.54, 1.807) is 11.6 Å². The molecular formula is C19H13F3N6O2S. The summed E-state index contributed by atoms with van der Waals surface area (Å²) in [6.07, 6.45) is 0. The summed E-state index contributed by atoms with van der Waals surface area (Å²) in [5, 5.41) is 14.6. The maximum absolute atomic E-state index is 13.6. The Morgan fingerprint density at radius 1 is 1.10 bits per heavy atom. The zero-order chi connectivity index (χ0) is 22.0. The van der Waals surface area contributed by atoms with Gasteiger partial charge in [-0.25, -0.2) is 13.2 Å². The second kappa shape index (κ2) is 8.60. The summed E-state index contributed by atoms with van der Waals surface area (Å²) in [5.74, 6) is -1.95. The van der Waals surface area contributed by atoms with Crippen LogP contribution in [0.25, 0.3) is 23.1 Å². The topological polar surface area (TPSA) is 98.7 Å². The van der Waals surface area contributed by atoms with Crippen molar-refractivity contribution >= 4 is 23.4 Å². The van der Waals surface area contributed by atoms with E-state index in [9.17, 15) is 18.0 Å². The minimum Gasteiger partial charge on any atom is -0.330 e. The van der Waals surface area contributed by atoms with Gasteiger partial charge in [0.25, 0.3) is 5.89 Å². The third-order valence-electron chi connectivity index (χ3n) is 4.09. The number of hydrogen-bond donors (Lipinski definition) is 1. The molecule has 0 aliphatic rings. The fraction of sp³-hybridized carbons (Fsp3) is 0.105. The summed E-state index contributed by atoms with van der Waals surface area (Å²) in [6.45, 7) is 0. The summed E-state index contributed by atoms with van der Waals surface area (Å²) in [6, 6.07) is 8.47. The van der Waals surface area contributed by atoms with Gasteiger partial charge in [0, 0.05) is 18.7 Å². The van der Waals surface area contributed by atoms with Crippen LogP contribution in [0.2, 0.25) is 0 Å². The minimum absolute atomic E-state index is 0.0898. The highest BCUT2D eigenvalue weighted by atomic mass is 32.2. The Bertz CT molecular complexity index is 1240. The number of nitrogens with one attached hydrogen (secondary N) is 1. The molecule has 0 aliphatic carbocycles. The SMILES string of the molecule is Cn1c(SCC(=O)Nc2ccc(F)cc2F)nnc1-c1nc(-c2ccc(F)cc2)no1. The summed E-state index contributed by atoms with van der Waals surface area (Å²) >= 11 is 1.05. The molecule has 2 heterocycles. The molecule has 158 valence electrons. The Hall–Kier alpha value is -3.67. The molecule has 2 aromatic heterocycles. The van der Waals surface area contributed by atoms with E-state index in [2.05, 4.69) is 25.7 Å². The second-order valence-electron chi connectivity index (χ2n) is 6.26. The highest BCUT2D eigenvalue weighted by Gasteiger charge is 2.19. The predicted octanol–water partition coefficient (Wildman–Crippen LogP) is 3.68. The highest BCUT2D eigenvalue weighted by Crippen LogP contribution is 2.24. The fourth-order valence-corrected chi connectivity index (χ4v) is 3.28. The first-order chi connectivity index (χ1) is 14.9. The van der Waals surface area contributed by atoms with Crippen molar-refractivity contribution in [3.8, 4) is 23.1 Å². The lowest BCUT2D eigenvalue weighted by Gasteiger charge is -2.06. The maximum atomic E-state index is 13.6. The van der Waals surface area contributed by atoms with Crippen LogP contribution in [0.1, 0.15) is 0 Å². The predicted molar refractivity (Wildman–Crippen MR) is 105 cm³/mol. The lowest BCUT2D eigenvalue weighted by atomic mass is 10.2. The Balaban J connectivity index is 1.42. The third kappa shape index (κ3) is 4.58. The first kappa shape index (κ1) is 20.6. The number of carbonyl (C=O) groups is 1. The largest absolute Gasteiger partial charge is 0.330 e. The van der Waals surface area contributed by atoms with Crippen molar-refractivity contribution in [1.82, 2.24) is 24.9 Å². The molecule has 0 aliphatic heterocycles. The first-order valence-corrected chi connectivity index (χ1v) is 9.76. The van der Waals surface area contributed by atoms with Crippen molar-refractivity contribution in [2.75, 3.05) is 11.1 Å². The molecule has 4 aromatic rings. The first-order valence-electron chi connectivity index (χ1n) is 8.78. The van der Waals surface area contributed by atoms with Gasteiger partial charge >= 0.3 is 0 Å². The van der Waals surface area contributed by atoms with E-state index in [1.807, 2.05) is 0 Å². The number of carbonyl (C=O) groups excluding carboxylic acids is 1. The molecule has 0 saturated carbocycles. The van der Waals surface area contributed by atoms with Gasteiger partial charge in [0.2, 0.25) is 17.6 Å². The van der Waals surface area contributed by atoms with Crippen molar-refractivity contribution in [3.05, 3.63) is 59.9 Å². The molecule has 0 fully saturated rings. The molecular weight excluding hydrogens is 433 g/mol. The van der Waals surface area contributed by atoms with Crippen LogP contribution < -0.4 is 5.32 Å². The summed E-state index contributed by atoms with van der Waals surface area (Å²) in [5.41, 5.74) is 0.447. The highest BCUT2D eigenvalue weighted by molar-refractivity contribution is 7.99. The average Bonchev–Trinajstić information content (AvgIpc) is 3.36. The lowest BCUT2D eigenvalue weighted by Crippen LogP contribution is -2.15. The quantitative estimate of drug-likeness (QED) is 0.451. The fourth-order valence-electron chi connectivity index (χ4n) is 2.56. The van der Waals surface area contributed by atoms with Gasteiger partial charge < -0.3 is 14.4 Å². The van der Waals surface area contributed by atoms with Crippen molar-refractivity contribution in [1.29, 1.82) is 0 Å². The molecule has 0 bridgehead atoms. The van der Waals surface area contributed by atoms with Crippen molar-refractivity contribution in [3.63, 3.8) is 0 Å². The standard InChI is InChI=1S/C19H13F3N6O2S/c1-28-17(18-24-16(27-30-18)10-2-4-11(20)5-3-10)25-26-19(28)31-9-15(29)23-14-7-6-12(21)8-13(14)22/h2-8H,9H2,1H3,(H,23,29). The van der Waals surface area contributed by atoms with Gasteiger partial charge in [-0.3, -0.25) is 4.79 Å². The molecule has 0 radical (unpaired) electrons. The Kier molecular flexibility index (Phi) is 5.71. The van der Waals surface area contributed by atoms with E-state index in [1.165, 1.54) is 24.3 Å². The smallest absolute Gasteiger partial charge is 0.296 e. The van der Waals surface area contributed by atoms with E-state index >= 15 is 0 Å². The molecule has 1 N–H and O–H groups in total. The lowest BCUT2D eigenvalue weighted by molar-refractivity contribution is -0.113. The van der Waals surface area contributed by atoms with Crippen LogP contribution >= 0.6 is 11.8 Å². The van der Waals surface area contributed by atoms with Gasteiger partial charge in [-0.2, -0.15) is 4.98 Å². The van der Waals surface area contributed by atoms with Crippen LogP contribution in [0.15, 0.2) is 52.1 Å². The normalized spacial score (nSPS) is 11.0. The van der Waals surface area contributed by atoms with Gasteiger partial charge in [-0.15, -0.1) is 10.2 Å². The maximum Gasteiger partial charge on any atom is 0.296 e. The summed E-state index contributed by atoms with van der Waals surface area (Å²) in [7, 11) is 1.65. The van der Waals surface area contributed by atoms with Gasteiger partial charge in [-0.05, 0) is 36.4 Å². The van der Waals surface area contributed by atoms with Gasteiger partial charge in [0.15, 0.2) is 5.16 Å². The molecule has 0 unspecified atom stereocenters. The number of hydrogen-bond acceptors (Lipinski definition) is 7. The molecule has 0 atom stereocenters.